The first-order valence-corrected chi connectivity index (χ1v) is 13.4. The van der Waals surface area contributed by atoms with Crippen LogP contribution in [0.2, 0.25) is 0 Å². The zero-order chi connectivity index (χ0) is 22.9. The summed E-state index contributed by atoms with van der Waals surface area (Å²) in [5.74, 6) is 4.02. The van der Waals surface area contributed by atoms with Crippen molar-refractivity contribution in [2.45, 2.75) is 105 Å². The maximum atomic E-state index is 12.3. The van der Waals surface area contributed by atoms with E-state index in [1.54, 1.807) is 5.57 Å². The number of rotatable bonds is 4. The molecule has 32 heavy (non-hydrogen) atoms. The lowest BCUT2D eigenvalue weighted by Gasteiger charge is -2.63. The van der Waals surface area contributed by atoms with Crippen molar-refractivity contribution in [3.63, 3.8) is 0 Å². The molecule has 3 saturated carbocycles. The van der Waals surface area contributed by atoms with Gasteiger partial charge in [-0.2, -0.15) is 0 Å². The van der Waals surface area contributed by atoms with Gasteiger partial charge in [0.15, 0.2) is 0 Å². The molecule has 1 heterocycles. The normalized spacial score (nSPS) is 47.1. The van der Waals surface area contributed by atoms with Gasteiger partial charge in [-0.3, -0.25) is 0 Å². The van der Waals surface area contributed by atoms with Crippen LogP contribution >= 0.6 is 0 Å². The van der Waals surface area contributed by atoms with Crippen LogP contribution in [0.25, 0.3) is 0 Å². The molecule has 0 aromatic rings. The van der Waals surface area contributed by atoms with Crippen molar-refractivity contribution in [3.8, 4) is 0 Å². The molecule has 4 aliphatic carbocycles. The Labute approximate surface area is 195 Å². The lowest BCUT2D eigenvalue weighted by atomic mass is 9.46. The van der Waals surface area contributed by atoms with Gasteiger partial charge in [-0.25, -0.2) is 4.79 Å². The van der Waals surface area contributed by atoms with Crippen molar-refractivity contribution in [1.82, 2.24) is 0 Å². The summed E-state index contributed by atoms with van der Waals surface area (Å²) >= 11 is 0. The summed E-state index contributed by atoms with van der Waals surface area (Å²) in [6.45, 7) is 14.5. The Morgan fingerprint density at radius 1 is 1.00 bits per heavy atom. The fraction of sp³-hybridized carbons (Fsp3) is 0.828. The first-order valence-electron chi connectivity index (χ1n) is 13.4. The number of hydrogen-bond acceptors (Lipinski definition) is 3. The third-order valence-electron chi connectivity index (χ3n) is 11.2. The molecule has 9 atom stereocenters. The summed E-state index contributed by atoms with van der Waals surface area (Å²) in [6.07, 6.45) is 16.3. The molecule has 0 aromatic carbocycles. The highest BCUT2D eigenvalue weighted by Gasteiger charge is 2.66. The van der Waals surface area contributed by atoms with E-state index in [1.807, 2.05) is 0 Å². The Kier molecular flexibility index (Phi) is 5.38. The Balaban J connectivity index is 1.41. The molecule has 4 fully saturated rings. The Morgan fingerprint density at radius 2 is 1.78 bits per heavy atom. The van der Waals surface area contributed by atoms with Gasteiger partial charge in [-0.1, -0.05) is 65.3 Å². The van der Waals surface area contributed by atoms with E-state index in [2.05, 4.69) is 59.8 Å². The van der Waals surface area contributed by atoms with Crippen LogP contribution in [-0.2, 0) is 9.47 Å². The van der Waals surface area contributed by atoms with Crippen molar-refractivity contribution < 1.29 is 14.3 Å². The summed E-state index contributed by atoms with van der Waals surface area (Å²) in [5.41, 5.74) is 1.85. The number of carbonyl (C=O) groups is 1. The second-order valence-corrected chi connectivity index (χ2v) is 12.8. The van der Waals surface area contributed by atoms with Gasteiger partial charge in [-0.05, 0) is 79.4 Å². The molecule has 1 aliphatic heterocycles. The molecule has 5 rings (SSSR count). The maximum Gasteiger partial charge on any atom is 0.509 e. The van der Waals surface area contributed by atoms with Crippen LogP contribution in [0, 0.1) is 46.3 Å². The number of ether oxygens (including phenoxy) is 2. The van der Waals surface area contributed by atoms with Gasteiger partial charge in [0.2, 0.25) is 0 Å². The monoisotopic (exact) mass is 440 g/mol. The van der Waals surface area contributed by atoms with Crippen LogP contribution in [0.15, 0.2) is 23.8 Å². The predicted octanol–water partition coefficient (Wildman–Crippen LogP) is 7.71. The fourth-order valence-corrected chi connectivity index (χ4v) is 8.68. The number of carbonyl (C=O) groups excluding carboxylic acids is 1. The largest absolute Gasteiger partial charge is 0.509 e. The van der Waals surface area contributed by atoms with Gasteiger partial charge < -0.3 is 9.47 Å². The predicted molar refractivity (Wildman–Crippen MR) is 128 cm³/mol. The molecule has 3 nitrogen and oxygen atoms in total. The average molecular weight is 441 g/mol. The smallest absolute Gasteiger partial charge is 0.431 e. The second-order valence-electron chi connectivity index (χ2n) is 12.8. The van der Waals surface area contributed by atoms with E-state index in [0.29, 0.717) is 35.0 Å². The highest BCUT2D eigenvalue weighted by molar-refractivity contribution is 5.62. The molecular formula is C29H44O3. The highest BCUT2D eigenvalue weighted by atomic mass is 16.7. The van der Waals surface area contributed by atoms with Crippen molar-refractivity contribution in [3.05, 3.63) is 23.8 Å². The molecule has 0 radical (unpaired) electrons. The number of hydrogen-bond donors (Lipinski definition) is 0. The highest BCUT2D eigenvalue weighted by Crippen LogP contribution is 2.68. The van der Waals surface area contributed by atoms with Gasteiger partial charge in [0, 0.05) is 18.3 Å². The molecule has 2 bridgehead atoms. The topological polar surface area (TPSA) is 35.5 Å². The third kappa shape index (κ3) is 3.16. The van der Waals surface area contributed by atoms with Gasteiger partial charge in [0.25, 0.3) is 0 Å². The van der Waals surface area contributed by atoms with Crippen LogP contribution in [0.4, 0.5) is 4.79 Å². The molecule has 5 aliphatic rings. The molecule has 0 N–H and O–H groups in total. The van der Waals surface area contributed by atoms with E-state index >= 15 is 0 Å². The summed E-state index contributed by atoms with van der Waals surface area (Å²) < 4.78 is 11.5. The minimum atomic E-state index is -0.429. The fourth-order valence-electron chi connectivity index (χ4n) is 8.68. The van der Waals surface area contributed by atoms with Crippen molar-refractivity contribution in [2.24, 2.45) is 46.3 Å². The van der Waals surface area contributed by atoms with E-state index < -0.39 is 6.16 Å². The first kappa shape index (κ1) is 22.5. The van der Waals surface area contributed by atoms with E-state index in [-0.39, 0.29) is 17.1 Å². The first-order chi connectivity index (χ1) is 15.1. The van der Waals surface area contributed by atoms with E-state index in [4.69, 9.17) is 9.47 Å². The zero-order valence-corrected chi connectivity index (χ0v) is 21.2. The van der Waals surface area contributed by atoms with E-state index in [1.165, 1.54) is 25.7 Å². The molecule has 178 valence electrons. The van der Waals surface area contributed by atoms with Gasteiger partial charge in [0.1, 0.15) is 11.7 Å². The molecule has 3 heteroatoms. The average Bonchev–Trinajstić information content (AvgIpc) is 3.09. The van der Waals surface area contributed by atoms with Crippen LogP contribution in [-0.4, -0.2) is 17.9 Å². The SMILES string of the molecule is CC(C)[C@@H](C)/C=C/[C@@H](C)C1CCC2C3=CC[C@@]45C[C@@H](CCC4(C)C3CCC21C)OC(=O)O5. The molecule has 0 amide bonds. The second kappa shape index (κ2) is 7.64. The molecule has 0 aromatic heterocycles. The number of fused-ring (bicyclic) bond motifs is 5. The Hall–Kier alpha value is -1.25. The lowest BCUT2D eigenvalue weighted by Crippen LogP contribution is -2.64. The number of allylic oxidation sites excluding steroid dienone is 3. The van der Waals surface area contributed by atoms with Crippen molar-refractivity contribution >= 4 is 6.16 Å². The van der Waals surface area contributed by atoms with Gasteiger partial charge >= 0.3 is 6.16 Å². The summed E-state index contributed by atoms with van der Waals surface area (Å²) in [4.78, 5) is 12.3. The third-order valence-corrected chi connectivity index (χ3v) is 11.2. The minimum absolute atomic E-state index is 0.0601. The maximum absolute atomic E-state index is 12.3. The minimum Gasteiger partial charge on any atom is -0.431 e. The van der Waals surface area contributed by atoms with Gasteiger partial charge in [-0.15, -0.1) is 0 Å². The summed E-state index contributed by atoms with van der Waals surface area (Å²) in [7, 11) is 0. The molecule has 1 spiro atoms. The molecule has 5 unspecified atom stereocenters. The van der Waals surface area contributed by atoms with Gasteiger partial charge in [0.05, 0.1) is 0 Å². The summed E-state index contributed by atoms with van der Waals surface area (Å²) in [5, 5.41) is 0. The lowest BCUT2D eigenvalue weighted by molar-refractivity contribution is -0.217. The van der Waals surface area contributed by atoms with Crippen molar-refractivity contribution in [2.75, 3.05) is 0 Å². The van der Waals surface area contributed by atoms with Crippen LogP contribution < -0.4 is 0 Å². The quantitative estimate of drug-likeness (QED) is 0.332. The Bertz CT molecular complexity index is 826. The zero-order valence-electron chi connectivity index (χ0n) is 21.2. The van der Waals surface area contributed by atoms with E-state index in [0.717, 1.165) is 31.6 Å². The van der Waals surface area contributed by atoms with Crippen LogP contribution in [0.5, 0.6) is 0 Å². The van der Waals surface area contributed by atoms with Crippen LogP contribution in [0.1, 0.15) is 92.9 Å². The summed E-state index contributed by atoms with van der Waals surface area (Å²) in [6, 6.07) is 0. The van der Waals surface area contributed by atoms with E-state index in [9.17, 15) is 4.79 Å². The Morgan fingerprint density at radius 3 is 2.53 bits per heavy atom. The van der Waals surface area contributed by atoms with Crippen LogP contribution in [0.3, 0.4) is 0 Å². The van der Waals surface area contributed by atoms with Crippen molar-refractivity contribution in [1.29, 1.82) is 0 Å². The molecule has 1 saturated heterocycles. The standard InChI is InChI=1S/C29H44O3/c1-18(2)19(3)7-8-20(4)23-9-10-24-22-12-16-29-17-21(31-26(30)32-29)11-15-28(29,6)25(22)13-14-27(23,24)5/h7-8,12,18-21,23-25H,9-11,13-17H2,1-6H3/b8-7+/t19-,20+,21+,23?,24?,25?,27?,28?,29+/m0/s1. The molecular weight excluding hydrogens is 396 g/mol.